The van der Waals surface area contributed by atoms with Crippen LogP contribution in [0.3, 0.4) is 0 Å². The molecule has 0 radical (unpaired) electrons. The van der Waals surface area contributed by atoms with E-state index in [1.165, 1.54) is 0 Å². The number of amides is 1. The first-order valence-corrected chi connectivity index (χ1v) is 10.2. The lowest BCUT2D eigenvalue weighted by atomic mass is 9.91. The molecule has 29 heavy (non-hydrogen) atoms. The van der Waals surface area contributed by atoms with E-state index in [0.717, 1.165) is 42.3 Å². The van der Waals surface area contributed by atoms with Crippen LogP contribution in [0.4, 0.5) is 5.69 Å². The number of likely N-dealkylation sites (tertiary alicyclic amines) is 1. The van der Waals surface area contributed by atoms with Crippen LogP contribution in [0.25, 0.3) is 5.57 Å². The van der Waals surface area contributed by atoms with Crippen LogP contribution in [0.1, 0.15) is 5.56 Å². The molecule has 2 unspecified atom stereocenters. The molecule has 3 heterocycles. The zero-order valence-corrected chi connectivity index (χ0v) is 16.5. The second-order valence-corrected chi connectivity index (χ2v) is 8.09. The first kappa shape index (κ1) is 18.2. The van der Waals surface area contributed by atoms with Gasteiger partial charge in [0, 0.05) is 30.9 Å². The van der Waals surface area contributed by atoms with Crippen molar-refractivity contribution in [3.8, 4) is 5.75 Å². The zero-order chi connectivity index (χ0) is 19.8. The van der Waals surface area contributed by atoms with Gasteiger partial charge in [-0.15, -0.1) is 0 Å². The highest BCUT2D eigenvalue weighted by atomic mass is 16.5. The van der Waals surface area contributed by atoms with E-state index >= 15 is 0 Å². The van der Waals surface area contributed by atoms with Gasteiger partial charge in [-0.3, -0.25) is 10.1 Å². The monoisotopic (exact) mass is 390 g/mol. The summed E-state index contributed by atoms with van der Waals surface area (Å²) in [6.45, 7) is 3.44. The molecule has 0 spiro atoms. The number of rotatable bonds is 5. The van der Waals surface area contributed by atoms with Crippen LogP contribution >= 0.6 is 0 Å². The molecule has 2 fully saturated rings. The van der Waals surface area contributed by atoms with Crippen molar-refractivity contribution in [3.05, 3.63) is 66.4 Å². The SMILES string of the molecule is CN1CC(COc2ccc(C3=CN(c4ccccc4)C4NCNC(=O)C34)cc2)C1. The van der Waals surface area contributed by atoms with E-state index in [1.807, 2.05) is 30.3 Å². The van der Waals surface area contributed by atoms with Gasteiger partial charge >= 0.3 is 0 Å². The van der Waals surface area contributed by atoms with Gasteiger partial charge < -0.3 is 19.9 Å². The van der Waals surface area contributed by atoms with Crippen LogP contribution in [0, 0.1) is 11.8 Å². The minimum absolute atomic E-state index is 0.0628. The van der Waals surface area contributed by atoms with Crippen molar-refractivity contribution in [1.29, 1.82) is 0 Å². The first-order valence-electron chi connectivity index (χ1n) is 10.2. The van der Waals surface area contributed by atoms with E-state index < -0.39 is 0 Å². The standard InChI is InChI=1S/C23H26N4O2/c1-26-11-16(12-26)14-29-19-9-7-17(8-10-19)20-13-27(18-5-3-2-4-6-18)22-21(20)23(28)25-15-24-22/h2-10,13,16,21-22,24H,11-12,14-15H2,1H3,(H,25,28). The second kappa shape index (κ2) is 7.54. The lowest BCUT2D eigenvalue weighted by molar-refractivity contribution is -0.125. The molecule has 2 atom stereocenters. The Balaban J connectivity index is 1.37. The van der Waals surface area contributed by atoms with E-state index in [2.05, 4.69) is 57.9 Å². The molecule has 0 saturated carbocycles. The third kappa shape index (κ3) is 3.50. The van der Waals surface area contributed by atoms with Crippen molar-refractivity contribution in [3.63, 3.8) is 0 Å². The number of fused-ring (bicyclic) bond motifs is 1. The molecule has 0 aromatic heterocycles. The lowest BCUT2D eigenvalue weighted by Gasteiger charge is -2.35. The van der Waals surface area contributed by atoms with E-state index in [-0.39, 0.29) is 18.0 Å². The molecule has 2 aromatic carbocycles. The summed E-state index contributed by atoms with van der Waals surface area (Å²) in [4.78, 5) is 17.2. The highest BCUT2D eigenvalue weighted by Crippen LogP contribution is 2.38. The van der Waals surface area contributed by atoms with E-state index in [4.69, 9.17) is 4.74 Å². The molecule has 3 aliphatic heterocycles. The van der Waals surface area contributed by atoms with Gasteiger partial charge in [0.05, 0.1) is 19.2 Å². The van der Waals surface area contributed by atoms with Crippen molar-refractivity contribution in [1.82, 2.24) is 15.5 Å². The van der Waals surface area contributed by atoms with E-state index in [9.17, 15) is 4.79 Å². The quantitative estimate of drug-likeness (QED) is 0.819. The zero-order valence-electron chi connectivity index (χ0n) is 16.5. The highest BCUT2D eigenvalue weighted by Gasteiger charge is 2.43. The summed E-state index contributed by atoms with van der Waals surface area (Å²) in [5.41, 5.74) is 3.15. The number of nitrogens with one attached hydrogen (secondary N) is 2. The number of carbonyl (C=O) groups is 1. The molecular formula is C23H26N4O2. The van der Waals surface area contributed by atoms with Crippen LogP contribution in [-0.4, -0.2) is 50.4 Å². The van der Waals surface area contributed by atoms with Gasteiger partial charge in [-0.1, -0.05) is 30.3 Å². The molecule has 5 rings (SSSR count). The Hall–Kier alpha value is -2.83. The molecular weight excluding hydrogens is 364 g/mol. The normalized spacial score (nSPS) is 24.5. The number of hydrogen-bond acceptors (Lipinski definition) is 5. The van der Waals surface area contributed by atoms with Gasteiger partial charge in [-0.25, -0.2) is 0 Å². The maximum atomic E-state index is 12.7. The lowest BCUT2D eigenvalue weighted by Crippen LogP contribution is -2.58. The fourth-order valence-corrected chi connectivity index (χ4v) is 4.48. The highest BCUT2D eigenvalue weighted by molar-refractivity contribution is 5.96. The molecule has 0 aliphatic carbocycles. The third-order valence-electron chi connectivity index (χ3n) is 5.95. The number of ether oxygens (including phenoxy) is 1. The molecule has 0 bridgehead atoms. The number of hydrogen-bond donors (Lipinski definition) is 2. The molecule has 2 aromatic rings. The Morgan fingerprint density at radius 1 is 1.07 bits per heavy atom. The van der Waals surface area contributed by atoms with Gasteiger partial charge in [-0.05, 0) is 42.4 Å². The predicted octanol–water partition coefficient (Wildman–Crippen LogP) is 2.11. The molecule has 1 amide bonds. The minimum atomic E-state index is -0.249. The van der Waals surface area contributed by atoms with Crippen LogP contribution in [0.2, 0.25) is 0 Å². The molecule has 6 heteroatoms. The number of carbonyl (C=O) groups excluding carboxylic acids is 1. The average molecular weight is 390 g/mol. The first-order chi connectivity index (χ1) is 14.2. The predicted molar refractivity (Wildman–Crippen MR) is 113 cm³/mol. The van der Waals surface area contributed by atoms with Crippen molar-refractivity contribution in [2.75, 3.05) is 38.3 Å². The Kier molecular flexibility index (Phi) is 4.73. The third-order valence-corrected chi connectivity index (χ3v) is 5.95. The largest absolute Gasteiger partial charge is 0.493 e. The average Bonchev–Trinajstić information content (AvgIpc) is 3.12. The van der Waals surface area contributed by atoms with Gasteiger partial charge in [0.25, 0.3) is 0 Å². The minimum Gasteiger partial charge on any atom is -0.493 e. The molecule has 6 nitrogen and oxygen atoms in total. The van der Waals surface area contributed by atoms with Gasteiger partial charge in [0.1, 0.15) is 11.9 Å². The summed E-state index contributed by atoms with van der Waals surface area (Å²) in [7, 11) is 2.13. The fourth-order valence-electron chi connectivity index (χ4n) is 4.48. The van der Waals surface area contributed by atoms with Crippen molar-refractivity contribution in [2.24, 2.45) is 11.8 Å². The van der Waals surface area contributed by atoms with E-state index in [0.29, 0.717) is 12.6 Å². The van der Waals surface area contributed by atoms with Crippen LogP contribution < -0.4 is 20.3 Å². The smallest absolute Gasteiger partial charge is 0.232 e. The summed E-state index contributed by atoms with van der Waals surface area (Å²) in [6.07, 6.45) is 2.02. The van der Waals surface area contributed by atoms with Gasteiger partial charge in [0.15, 0.2) is 0 Å². The topological polar surface area (TPSA) is 56.8 Å². The molecule has 150 valence electrons. The maximum absolute atomic E-state index is 12.7. The van der Waals surface area contributed by atoms with E-state index in [1.54, 1.807) is 0 Å². The van der Waals surface area contributed by atoms with Crippen molar-refractivity contribution in [2.45, 2.75) is 6.17 Å². The van der Waals surface area contributed by atoms with Crippen LogP contribution in [0.15, 0.2) is 60.8 Å². The number of benzene rings is 2. The van der Waals surface area contributed by atoms with Crippen LogP contribution in [0.5, 0.6) is 5.75 Å². The summed E-state index contributed by atoms with van der Waals surface area (Å²) in [5, 5.41) is 6.37. The van der Waals surface area contributed by atoms with Gasteiger partial charge in [0.2, 0.25) is 5.91 Å². The van der Waals surface area contributed by atoms with Crippen LogP contribution in [-0.2, 0) is 4.79 Å². The Morgan fingerprint density at radius 2 is 1.83 bits per heavy atom. The fraction of sp³-hybridized carbons (Fsp3) is 0.348. The van der Waals surface area contributed by atoms with Gasteiger partial charge in [-0.2, -0.15) is 0 Å². The Bertz CT molecular complexity index is 906. The molecule has 2 saturated heterocycles. The summed E-state index contributed by atoms with van der Waals surface area (Å²) < 4.78 is 5.95. The van der Waals surface area contributed by atoms with Crippen molar-refractivity contribution < 1.29 is 9.53 Å². The number of nitrogens with zero attached hydrogens (tertiary/aromatic N) is 2. The Morgan fingerprint density at radius 3 is 2.55 bits per heavy atom. The molecule has 3 aliphatic rings. The number of para-hydroxylation sites is 1. The molecule has 2 N–H and O–H groups in total. The maximum Gasteiger partial charge on any atom is 0.232 e. The Labute approximate surface area is 171 Å². The summed E-state index contributed by atoms with van der Waals surface area (Å²) in [5.74, 6) is 1.31. The van der Waals surface area contributed by atoms with Crippen molar-refractivity contribution >= 4 is 17.2 Å². The second-order valence-electron chi connectivity index (χ2n) is 8.09. The number of anilines is 1. The summed E-state index contributed by atoms with van der Waals surface area (Å²) in [6, 6.07) is 18.3. The summed E-state index contributed by atoms with van der Waals surface area (Å²) >= 11 is 0.